The summed E-state index contributed by atoms with van der Waals surface area (Å²) >= 11 is 0. The molecular weight excluding hydrogens is 148 g/mol. The molecule has 1 saturated heterocycles. The van der Waals surface area contributed by atoms with Gasteiger partial charge in [0, 0.05) is 0 Å². The molecule has 1 aliphatic rings. The van der Waals surface area contributed by atoms with Crippen molar-refractivity contribution < 1.29 is 4.74 Å². The smallest absolute Gasteiger partial charge is 0.0604 e. The van der Waals surface area contributed by atoms with E-state index in [0.29, 0.717) is 18.1 Å². The van der Waals surface area contributed by atoms with Crippen molar-refractivity contribution in [1.29, 1.82) is 0 Å². The third-order valence-corrected chi connectivity index (χ3v) is 3.78. The van der Waals surface area contributed by atoms with E-state index in [1.165, 1.54) is 0 Å². The normalized spacial score (nSPS) is 49.2. The van der Waals surface area contributed by atoms with Gasteiger partial charge in [-0.15, -0.1) is 0 Å². The van der Waals surface area contributed by atoms with Crippen LogP contribution in [0.4, 0.5) is 0 Å². The van der Waals surface area contributed by atoms with Crippen molar-refractivity contribution in [2.24, 2.45) is 17.8 Å². The van der Waals surface area contributed by atoms with Gasteiger partial charge >= 0.3 is 0 Å². The summed E-state index contributed by atoms with van der Waals surface area (Å²) in [6.07, 6.45) is 2.09. The number of ether oxygens (including phenoxy) is 1. The summed E-state index contributed by atoms with van der Waals surface area (Å²) in [5.41, 5.74) is 0. The summed E-state index contributed by atoms with van der Waals surface area (Å²) in [5, 5.41) is 0. The molecule has 0 aromatic heterocycles. The summed E-state index contributed by atoms with van der Waals surface area (Å²) in [7, 11) is 0. The summed E-state index contributed by atoms with van der Waals surface area (Å²) in [5.74, 6) is 2.24. The SMILES string of the molecule is CCC1OC(C)[C@H](C)C(C)[C@H]1C. The molecule has 0 aromatic rings. The Bertz CT molecular complexity index is 139. The lowest BCUT2D eigenvalue weighted by Gasteiger charge is -2.42. The highest BCUT2D eigenvalue weighted by Crippen LogP contribution is 2.35. The first-order chi connectivity index (χ1) is 5.57. The molecule has 5 atom stereocenters. The lowest BCUT2D eigenvalue weighted by molar-refractivity contribution is -0.125. The highest BCUT2D eigenvalue weighted by atomic mass is 16.5. The van der Waals surface area contributed by atoms with Gasteiger partial charge in [0.05, 0.1) is 12.2 Å². The maximum absolute atomic E-state index is 5.93. The van der Waals surface area contributed by atoms with Crippen molar-refractivity contribution in [3.63, 3.8) is 0 Å². The van der Waals surface area contributed by atoms with Gasteiger partial charge in [-0.3, -0.25) is 0 Å². The fraction of sp³-hybridized carbons (Fsp3) is 1.00. The van der Waals surface area contributed by atoms with E-state index in [4.69, 9.17) is 4.74 Å². The van der Waals surface area contributed by atoms with Gasteiger partial charge in [0.15, 0.2) is 0 Å². The molecule has 0 saturated carbocycles. The molecule has 1 heterocycles. The van der Waals surface area contributed by atoms with E-state index in [1.807, 2.05) is 0 Å². The Morgan fingerprint density at radius 2 is 1.50 bits per heavy atom. The zero-order valence-electron chi connectivity index (χ0n) is 9.00. The van der Waals surface area contributed by atoms with E-state index >= 15 is 0 Å². The van der Waals surface area contributed by atoms with Gasteiger partial charge in [0.2, 0.25) is 0 Å². The number of hydrogen-bond acceptors (Lipinski definition) is 1. The maximum atomic E-state index is 5.93. The minimum atomic E-state index is 0.446. The monoisotopic (exact) mass is 170 g/mol. The molecular formula is C11H22O. The van der Waals surface area contributed by atoms with Crippen LogP contribution in [0, 0.1) is 17.8 Å². The quantitative estimate of drug-likeness (QED) is 0.587. The standard InChI is InChI=1S/C11H22O/c1-6-11-9(4)7(2)8(3)10(5)12-11/h7-11H,6H2,1-5H3/t7?,8-,9-,10?,11?/m1/s1. The fourth-order valence-corrected chi connectivity index (χ4v) is 2.24. The van der Waals surface area contributed by atoms with Crippen LogP contribution in [0.3, 0.4) is 0 Å². The van der Waals surface area contributed by atoms with E-state index in [9.17, 15) is 0 Å². The van der Waals surface area contributed by atoms with Gasteiger partial charge in [-0.05, 0) is 31.1 Å². The molecule has 3 unspecified atom stereocenters. The van der Waals surface area contributed by atoms with Gasteiger partial charge in [0.1, 0.15) is 0 Å². The molecule has 12 heavy (non-hydrogen) atoms. The van der Waals surface area contributed by atoms with Crippen LogP contribution in [0.25, 0.3) is 0 Å². The summed E-state index contributed by atoms with van der Waals surface area (Å²) in [4.78, 5) is 0. The van der Waals surface area contributed by atoms with Gasteiger partial charge < -0.3 is 4.74 Å². The molecule has 1 nitrogen and oxygen atoms in total. The lowest BCUT2D eigenvalue weighted by Crippen LogP contribution is -2.42. The van der Waals surface area contributed by atoms with Crippen molar-refractivity contribution >= 4 is 0 Å². The zero-order valence-corrected chi connectivity index (χ0v) is 9.00. The minimum absolute atomic E-state index is 0.446. The Morgan fingerprint density at radius 3 is 2.00 bits per heavy atom. The molecule has 0 aliphatic carbocycles. The predicted octanol–water partition coefficient (Wildman–Crippen LogP) is 3.09. The Morgan fingerprint density at radius 1 is 0.917 bits per heavy atom. The molecule has 1 heteroatoms. The van der Waals surface area contributed by atoms with Crippen LogP contribution < -0.4 is 0 Å². The second-order valence-electron chi connectivity index (χ2n) is 4.37. The third-order valence-electron chi connectivity index (χ3n) is 3.78. The number of hydrogen-bond donors (Lipinski definition) is 0. The molecule has 0 aromatic carbocycles. The number of rotatable bonds is 1. The van der Waals surface area contributed by atoms with E-state index in [1.54, 1.807) is 0 Å². The molecule has 1 rings (SSSR count). The topological polar surface area (TPSA) is 9.23 Å². The van der Waals surface area contributed by atoms with Gasteiger partial charge in [-0.2, -0.15) is 0 Å². The van der Waals surface area contributed by atoms with Gasteiger partial charge in [-0.25, -0.2) is 0 Å². The largest absolute Gasteiger partial charge is 0.375 e. The van der Waals surface area contributed by atoms with E-state index in [0.717, 1.165) is 18.3 Å². The van der Waals surface area contributed by atoms with Crippen molar-refractivity contribution in [3.05, 3.63) is 0 Å². The van der Waals surface area contributed by atoms with Crippen LogP contribution in [0.1, 0.15) is 41.0 Å². The van der Waals surface area contributed by atoms with Crippen LogP contribution in [-0.2, 0) is 4.74 Å². The Kier molecular flexibility index (Phi) is 3.16. The van der Waals surface area contributed by atoms with E-state index < -0.39 is 0 Å². The molecule has 0 amide bonds. The summed E-state index contributed by atoms with van der Waals surface area (Å²) in [6, 6.07) is 0. The predicted molar refractivity (Wildman–Crippen MR) is 52.1 cm³/mol. The van der Waals surface area contributed by atoms with Crippen LogP contribution in [0.15, 0.2) is 0 Å². The van der Waals surface area contributed by atoms with Crippen LogP contribution in [0.2, 0.25) is 0 Å². The van der Waals surface area contributed by atoms with Crippen molar-refractivity contribution in [3.8, 4) is 0 Å². The highest BCUT2D eigenvalue weighted by molar-refractivity contribution is 4.83. The molecule has 0 radical (unpaired) electrons. The summed E-state index contributed by atoms with van der Waals surface area (Å²) in [6.45, 7) is 11.4. The first-order valence-electron chi connectivity index (χ1n) is 5.23. The molecule has 1 fully saturated rings. The molecule has 0 N–H and O–H groups in total. The van der Waals surface area contributed by atoms with E-state index in [-0.39, 0.29) is 0 Å². The van der Waals surface area contributed by atoms with E-state index in [2.05, 4.69) is 34.6 Å². The fourth-order valence-electron chi connectivity index (χ4n) is 2.24. The minimum Gasteiger partial charge on any atom is -0.375 e. The van der Waals surface area contributed by atoms with Crippen LogP contribution in [0.5, 0.6) is 0 Å². The van der Waals surface area contributed by atoms with Crippen molar-refractivity contribution in [2.75, 3.05) is 0 Å². The van der Waals surface area contributed by atoms with Crippen LogP contribution >= 0.6 is 0 Å². The Balaban J connectivity index is 2.63. The molecule has 1 aliphatic heterocycles. The van der Waals surface area contributed by atoms with Crippen molar-refractivity contribution in [1.82, 2.24) is 0 Å². The zero-order chi connectivity index (χ0) is 9.30. The lowest BCUT2D eigenvalue weighted by atomic mass is 9.76. The average Bonchev–Trinajstić information content (AvgIpc) is 2.08. The third kappa shape index (κ3) is 1.66. The van der Waals surface area contributed by atoms with Gasteiger partial charge in [-0.1, -0.05) is 27.7 Å². The second kappa shape index (κ2) is 3.78. The average molecular weight is 170 g/mol. The van der Waals surface area contributed by atoms with Gasteiger partial charge in [0.25, 0.3) is 0 Å². The summed E-state index contributed by atoms with van der Waals surface area (Å²) < 4.78 is 5.93. The van der Waals surface area contributed by atoms with Crippen LogP contribution in [-0.4, -0.2) is 12.2 Å². The highest BCUT2D eigenvalue weighted by Gasteiger charge is 2.35. The Labute approximate surface area is 76.5 Å². The molecule has 0 spiro atoms. The molecule has 72 valence electrons. The maximum Gasteiger partial charge on any atom is 0.0604 e. The first-order valence-corrected chi connectivity index (χ1v) is 5.23. The second-order valence-corrected chi connectivity index (χ2v) is 4.37. The van der Waals surface area contributed by atoms with Crippen molar-refractivity contribution in [2.45, 2.75) is 53.2 Å². The first kappa shape index (κ1) is 10.0. The molecule has 0 bridgehead atoms. The Hall–Kier alpha value is -0.0400.